The molecule has 0 aliphatic carbocycles. The molecule has 0 unspecified atom stereocenters. The van der Waals surface area contributed by atoms with E-state index in [1.54, 1.807) is 0 Å². The molecule has 0 aliphatic heterocycles. The van der Waals surface area contributed by atoms with Crippen molar-refractivity contribution in [2.24, 2.45) is 0 Å². The van der Waals surface area contributed by atoms with E-state index in [-0.39, 0.29) is 111 Å². The first-order chi connectivity index (χ1) is 0. The van der Waals surface area contributed by atoms with Gasteiger partial charge in [0.05, 0.1) is 0 Å². The van der Waals surface area contributed by atoms with Gasteiger partial charge in [-0.1, -0.05) is 0 Å². The molecule has 18 valence electrons. The second-order valence-electron chi connectivity index (χ2n) is 0. The second kappa shape index (κ2) is 16.1. The summed E-state index contributed by atoms with van der Waals surface area (Å²) in [6.07, 6.45) is 0. The van der Waals surface area contributed by atoms with E-state index < -0.39 is 0 Å². The Labute approximate surface area is 109 Å². The number of hydrogen-bond donors (Lipinski definition) is 0. The zero-order valence-electron chi connectivity index (χ0n) is 6.47. The Morgan fingerprint density at radius 1 is 1.00 bits per heavy atom. The third-order valence-electron chi connectivity index (χ3n) is 0. The summed E-state index contributed by atoms with van der Waals surface area (Å²) in [5, 5.41) is 0. The fourth-order valence-corrected chi connectivity index (χ4v) is 0. The zero-order valence-corrected chi connectivity index (χ0v) is 10.5. The topological polar surface area (TPSA) is 0 Å². The van der Waals surface area contributed by atoms with Crippen LogP contribution in [0.4, 0.5) is 0 Å². The normalized spacial score (nSPS) is 0. The van der Waals surface area contributed by atoms with E-state index in [1.807, 2.05) is 0 Å². The third kappa shape index (κ3) is 9.08. The summed E-state index contributed by atoms with van der Waals surface area (Å²) in [5.41, 5.74) is 0. The summed E-state index contributed by atoms with van der Waals surface area (Å²) >= 11 is 0. The molecule has 0 fully saturated rings. The van der Waals surface area contributed by atoms with E-state index in [4.69, 9.17) is 0 Å². The van der Waals surface area contributed by atoms with E-state index in [0.717, 1.165) is 0 Å². The van der Waals surface area contributed by atoms with Gasteiger partial charge < -0.3 is 5.71 Å². The molecule has 0 amide bonds. The van der Waals surface area contributed by atoms with E-state index in [9.17, 15) is 0 Å². The Kier molecular flexibility index (Phi) is 104. The van der Waals surface area contributed by atoms with E-state index in [1.165, 1.54) is 0 Å². The molecule has 0 heterocycles. The van der Waals surface area contributed by atoms with Crippen LogP contribution < -0.4 is 0 Å². The molecule has 4 heavy (non-hydrogen) atoms. The zero-order chi connectivity index (χ0) is 0. The Morgan fingerprint density at radius 2 is 1.00 bits per heavy atom. The third-order valence-corrected chi connectivity index (χ3v) is 0. The molecular weight excluding hydrogens is 271 g/mol. The Morgan fingerprint density at radius 3 is 1.00 bits per heavy atom. The maximum Gasteiger partial charge on any atom is 2.00 e. The van der Waals surface area contributed by atoms with Gasteiger partial charge in [0.15, 0.2) is 0 Å². The molecule has 0 aromatic heterocycles. The predicted molar refractivity (Wildman–Crippen MR) is 16.0 cm³/mol. The van der Waals surface area contributed by atoms with Crippen LogP contribution in [0, 0.1) is 39.9 Å². The fourth-order valence-electron chi connectivity index (χ4n) is 0. The van der Waals surface area contributed by atoms with Crippen molar-refractivity contribution in [2.45, 2.75) is 0 Å². The number of rotatable bonds is 0. The first-order valence-electron chi connectivity index (χ1n) is 0. The van der Waals surface area contributed by atoms with Gasteiger partial charge in [-0.2, -0.15) is 0 Å². The van der Waals surface area contributed by atoms with Crippen LogP contribution >= 0.6 is 0 Å². The van der Waals surface area contributed by atoms with Crippen LogP contribution in [-0.2, 0) is 19.5 Å². The van der Waals surface area contributed by atoms with Gasteiger partial charge in [-0.15, -0.1) is 0 Å². The molecule has 0 radical (unpaired) electrons. The monoisotopic (exact) mass is 274 g/mol. The van der Waals surface area contributed by atoms with Crippen LogP contribution in [0.2, 0.25) is 0 Å². The van der Waals surface area contributed by atoms with Crippen molar-refractivity contribution in [2.75, 3.05) is 0 Å². The Balaban J connectivity index is 0. The molecule has 4 heteroatoms. The van der Waals surface area contributed by atoms with Crippen LogP contribution in [0.25, 0.3) is 0 Å². The van der Waals surface area contributed by atoms with Crippen molar-refractivity contribution in [3.8, 4) is 0 Å². The molecule has 0 atom stereocenters. The summed E-state index contributed by atoms with van der Waals surface area (Å²) in [7, 11) is 0. The van der Waals surface area contributed by atoms with E-state index in [0.29, 0.717) is 0 Å². The number of hydrogen-bond acceptors (Lipinski definition) is 0. The van der Waals surface area contributed by atoms with E-state index >= 15 is 0 Å². The molecule has 0 bridgehead atoms. The first kappa shape index (κ1) is 25.9. The molecule has 0 rings (SSSR count). The molecule has 0 spiro atoms. The smallest absolute Gasteiger partial charge is 1.00 e. The average Bonchev–Trinajstić information content (AvgIpc) is 0. The van der Waals surface area contributed by atoms with Crippen LogP contribution in [0.15, 0.2) is 0 Å². The molecule has 0 saturated heterocycles. The van der Waals surface area contributed by atoms with Crippen LogP contribution in [0.3, 0.4) is 0 Å². The summed E-state index contributed by atoms with van der Waals surface area (Å²) in [6.45, 7) is 0. The minimum atomic E-state index is 0. The van der Waals surface area contributed by atoms with Gasteiger partial charge in [-0.25, -0.2) is 0 Å². The van der Waals surface area contributed by atoms with Gasteiger partial charge in [0.25, 0.3) is 0 Å². The minimum Gasteiger partial charge on any atom is -1.00 e. The second-order valence-corrected chi connectivity index (χ2v) is 0. The summed E-state index contributed by atoms with van der Waals surface area (Å²) in [6, 6.07) is 0. The molecule has 0 N–H and O–H groups in total. The van der Waals surface area contributed by atoms with Crippen LogP contribution in [0.5, 0.6) is 0 Å². The maximum atomic E-state index is 0. The summed E-state index contributed by atoms with van der Waals surface area (Å²) < 4.78 is 0. The van der Waals surface area contributed by atoms with Crippen LogP contribution in [0.1, 0.15) is 5.71 Å². The molecule has 0 aromatic rings. The molecule has 0 aliphatic rings. The van der Waals surface area contributed by atoms with Crippen LogP contribution in [-0.4, -0.2) is 46.1 Å². The van der Waals surface area contributed by atoms with Gasteiger partial charge in [0, 0.05) is 59.4 Å². The van der Waals surface area contributed by atoms with Crippen molar-refractivity contribution < 1.29 is 65.1 Å². The van der Waals surface area contributed by atoms with Crippen molar-refractivity contribution in [3.63, 3.8) is 0 Å². The quantitative estimate of drug-likeness (QED) is 0.532. The van der Waals surface area contributed by atoms with Crippen molar-refractivity contribution in [1.82, 2.24) is 0 Å². The van der Waals surface area contributed by atoms with Crippen molar-refractivity contribution >= 4 is 46.1 Å². The van der Waals surface area contributed by atoms with Gasteiger partial charge >= 0.3 is 46.1 Å². The van der Waals surface area contributed by atoms with Gasteiger partial charge in [-0.05, 0) is 0 Å². The Bertz CT molecular complexity index is 14.0. The van der Waals surface area contributed by atoms with Crippen molar-refractivity contribution in [1.29, 1.82) is 0 Å². The average molecular weight is 275 g/mol. The molecular formula is H4GdMg2Zn. The fraction of sp³-hybridized carbons (Fsp3) is 0. The Hall–Kier alpha value is 3.48. The largest absolute Gasteiger partial charge is 2.00 e. The van der Waals surface area contributed by atoms with Crippen molar-refractivity contribution in [3.05, 3.63) is 0 Å². The van der Waals surface area contributed by atoms with Gasteiger partial charge in [-0.3, -0.25) is 0 Å². The minimum absolute atomic E-state index is 0. The predicted octanol–water partition coefficient (Wildman–Crippen LogP) is -0.314. The van der Waals surface area contributed by atoms with E-state index in [2.05, 4.69) is 0 Å². The van der Waals surface area contributed by atoms with Gasteiger partial charge in [0.1, 0.15) is 0 Å². The maximum absolute atomic E-state index is 0. The molecule has 0 nitrogen and oxygen atoms in total. The standard InChI is InChI=1S/Gd.2Mg.Zn.4H/q;2*+2;;4*-1. The molecule has 0 saturated carbocycles. The summed E-state index contributed by atoms with van der Waals surface area (Å²) in [5.74, 6) is 0. The summed E-state index contributed by atoms with van der Waals surface area (Å²) in [4.78, 5) is 0. The van der Waals surface area contributed by atoms with Gasteiger partial charge in [0.2, 0.25) is 0 Å². The first-order valence-corrected chi connectivity index (χ1v) is 0. The SMILES string of the molecule is [Gd].[H-].[H-].[H-].[H-].[Mg+2].[Mg+2].[Zn]. The molecule has 0 aromatic carbocycles.